The second-order valence-corrected chi connectivity index (χ2v) is 4.35. The van der Waals surface area contributed by atoms with Crippen molar-refractivity contribution in [2.75, 3.05) is 27.2 Å². The topological polar surface area (TPSA) is 58.4 Å². The van der Waals surface area contributed by atoms with Gasteiger partial charge < -0.3 is 11.1 Å². The van der Waals surface area contributed by atoms with Crippen molar-refractivity contribution < 1.29 is 9.18 Å². The number of hydrogen-bond acceptors (Lipinski definition) is 3. The number of carbonyl (C=O) groups excluding carboxylic acids is 1. The van der Waals surface area contributed by atoms with Crippen LogP contribution in [0.3, 0.4) is 0 Å². The number of amides is 1. The van der Waals surface area contributed by atoms with Crippen LogP contribution >= 0.6 is 0 Å². The molecule has 0 spiro atoms. The molecule has 0 aromatic heterocycles. The van der Waals surface area contributed by atoms with E-state index in [1.807, 2.05) is 14.1 Å². The van der Waals surface area contributed by atoms with E-state index >= 15 is 0 Å². The van der Waals surface area contributed by atoms with Gasteiger partial charge in [0.2, 0.25) is 5.91 Å². The van der Waals surface area contributed by atoms with Gasteiger partial charge in [-0.05, 0) is 44.8 Å². The third-order valence-corrected chi connectivity index (χ3v) is 2.63. The third-order valence-electron chi connectivity index (χ3n) is 2.63. The second kappa shape index (κ2) is 7.08. The fourth-order valence-electron chi connectivity index (χ4n) is 1.74. The summed E-state index contributed by atoms with van der Waals surface area (Å²) >= 11 is 0. The first-order valence-electron chi connectivity index (χ1n) is 5.96. The molecule has 4 nitrogen and oxygen atoms in total. The normalized spacial score (nSPS) is 12.5. The highest BCUT2D eigenvalue weighted by Crippen LogP contribution is 2.18. The summed E-state index contributed by atoms with van der Waals surface area (Å²) in [6.07, 6.45) is 0.745. The number of nitrogens with two attached hydrogens (primary N) is 1. The van der Waals surface area contributed by atoms with Crippen LogP contribution in [0, 0.1) is 5.82 Å². The van der Waals surface area contributed by atoms with Crippen molar-refractivity contribution in [3.8, 4) is 0 Å². The van der Waals surface area contributed by atoms with E-state index in [0.29, 0.717) is 13.1 Å². The predicted octanol–water partition coefficient (Wildman–Crippen LogP) is 0.893. The number of benzene rings is 1. The zero-order valence-corrected chi connectivity index (χ0v) is 10.8. The van der Waals surface area contributed by atoms with Gasteiger partial charge in [0.05, 0.1) is 0 Å². The van der Waals surface area contributed by atoms with Crippen LogP contribution < -0.4 is 11.1 Å². The van der Waals surface area contributed by atoms with Gasteiger partial charge in [-0.25, -0.2) is 4.39 Å². The van der Waals surface area contributed by atoms with E-state index in [-0.39, 0.29) is 11.7 Å². The molecular formula is C13H20FN3O. The molecule has 1 amide bonds. The average molecular weight is 253 g/mol. The molecule has 0 aliphatic rings. The van der Waals surface area contributed by atoms with Crippen molar-refractivity contribution in [1.29, 1.82) is 0 Å². The Morgan fingerprint density at radius 3 is 2.50 bits per heavy atom. The van der Waals surface area contributed by atoms with E-state index in [9.17, 15) is 9.18 Å². The van der Waals surface area contributed by atoms with Crippen molar-refractivity contribution >= 4 is 5.91 Å². The first-order valence-corrected chi connectivity index (χ1v) is 5.96. The standard InChI is InChI=1S/C13H20FN3O/c1-17(2)12(13(18)16-9-3-8-15)10-4-6-11(14)7-5-10/h4-7,12H,3,8-9,15H2,1-2H3,(H,16,18)/t12-/m1/s1. The van der Waals surface area contributed by atoms with Gasteiger partial charge >= 0.3 is 0 Å². The molecule has 0 saturated carbocycles. The minimum atomic E-state index is -0.414. The van der Waals surface area contributed by atoms with Gasteiger partial charge in [-0.3, -0.25) is 9.69 Å². The lowest BCUT2D eigenvalue weighted by atomic mass is 10.1. The summed E-state index contributed by atoms with van der Waals surface area (Å²) in [5.41, 5.74) is 6.15. The van der Waals surface area contributed by atoms with Gasteiger partial charge in [-0.15, -0.1) is 0 Å². The van der Waals surface area contributed by atoms with E-state index in [4.69, 9.17) is 5.73 Å². The Labute approximate surface area is 107 Å². The summed E-state index contributed by atoms with van der Waals surface area (Å²) < 4.78 is 12.9. The van der Waals surface area contributed by atoms with E-state index in [1.165, 1.54) is 12.1 Å². The smallest absolute Gasteiger partial charge is 0.241 e. The maximum atomic E-state index is 12.9. The molecule has 5 heteroatoms. The maximum Gasteiger partial charge on any atom is 0.241 e. The summed E-state index contributed by atoms with van der Waals surface area (Å²) in [6.45, 7) is 1.10. The SMILES string of the molecule is CN(C)[C@@H](C(=O)NCCCN)c1ccc(F)cc1. The number of hydrogen-bond donors (Lipinski definition) is 2. The van der Waals surface area contributed by atoms with Crippen molar-refractivity contribution in [2.24, 2.45) is 5.73 Å². The molecule has 0 heterocycles. The Balaban J connectivity index is 2.76. The van der Waals surface area contributed by atoms with Crippen LogP contribution in [0.1, 0.15) is 18.0 Å². The Hall–Kier alpha value is -1.46. The molecule has 1 atom stereocenters. The first-order chi connectivity index (χ1) is 8.56. The van der Waals surface area contributed by atoms with Crippen molar-refractivity contribution in [3.05, 3.63) is 35.6 Å². The molecule has 0 radical (unpaired) electrons. The number of halogens is 1. The number of rotatable bonds is 6. The lowest BCUT2D eigenvalue weighted by Gasteiger charge is -2.23. The molecule has 3 N–H and O–H groups in total. The quantitative estimate of drug-likeness (QED) is 0.740. The van der Waals surface area contributed by atoms with Crippen molar-refractivity contribution in [1.82, 2.24) is 10.2 Å². The highest BCUT2D eigenvalue weighted by molar-refractivity contribution is 5.83. The molecule has 0 saturated heterocycles. The molecule has 0 unspecified atom stereocenters. The summed E-state index contributed by atoms with van der Waals surface area (Å²) in [5, 5.41) is 2.82. The molecular weight excluding hydrogens is 233 g/mol. The molecule has 0 bridgehead atoms. The summed E-state index contributed by atoms with van der Waals surface area (Å²) in [5.74, 6) is -0.403. The van der Waals surface area contributed by atoms with Crippen LogP contribution in [0.4, 0.5) is 4.39 Å². The molecule has 18 heavy (non-hydrogen) atoms. The minimum absolute atomic E-state index is 0.0972. The number of carbonyl (C=O) groups is 1. The molecule has 0 fully saturated rings. The molecule has 0 aliphatic carbocycles. The predicted molar refractivity (Wildman–Crippen MR) is 69.5 cm³/mol. The van der Waals surface area contributed by atoms with E-state index in [2.05, 4.69) is 5.32 Å². The van der Waals surface area contributed by atoms with Gasteiger partial charge in [0.25, 0.3) is 0 Å². The van der Waals surface area contributed by atoms with Crippen LogP contribution in [0.5, 0.6) is 0 Å². The second-order valence-electron chi connectivity index (χ2n) is 4.35. The third kappa shape index (κ3) is 4.09. The lowest BCUT2D eigenvalue weighted by molar-refractivity contribution is -0.125. The van der Waals surface area contributed by atoms with Crippen LogP contribution in [0.2, 0.25) is 0 Å². The highest BCUT2D eigenvalue weighted by Gasteiger charge is 2.22. The Bertz CT molecular complexity index is 378. The summed E-state index contributed by atoms with van der Waals surface area (Å²) in [7, 11) is 3.63. The summed E-state index contributed by atoms with van der Waals surface area (Å²) in [6, 6.07) is 5.56. The van der Waals surface area contributed by atoms with E-state index in [1.54, 1.807) is 17.0 Å². The van der Waals surface area contributed by atoms with E-state index in [0.717, 1.165) is 12.0 Å². The zero-order chi connectivity index (χ0) is 13.5. The Morgan fingerprint density at radius 2 is 2.00 bits per heavy atom. The largest absolute Gasteiger partial charge is 0.354 e. The first kappa shape index (κ1) is 14.6. The van der Waals surface area contributed by atoms with Gasteiger partial charge in [-0.2, -0.15) is 0 Å². The molecule has 100 valence electrons. The fraction of sp³-hybridized carbons (Fsp3) is 0.462. The van der Waals surface area contributed by atoms with E-state index < -0.39 is 6.04 Å². The summed E-state index contributed by atoms with van der Waals surface area (Å²) in [4.78, 5) is 13.9. The number of likely N-dealkylation sites (N-methyl/N-ethyl adjacent to an activating group) is 1. The zero-order valence-electron chi connectivity index (χ0n) is 10.8. The van der Waals surface area contributed by atoms with Crippen LogP contribution in [-0.2, 0) is 4.79 Å². The molecule has 0 aliphatic heterocycles. The van der Waals surface area contributed by atoms with Gasteiger partial charge in [-0.1, -0.05) is 12.1 Å². The fourth-order valence-corrected chi connectivity index (χ4v) is 1.74. The monoisotopic (exact) mass is 253 g/mol. The van der Waals surface area contributed by atoms with Crippen LogP contribution in [-0.4, -0.2) is 38.0 Å². The minimum Gasteiger partial charge on any atom is -0.354 e. The number of nitrogens with zero attached hydrogens (tertiary/aromatic N) is 1. The average Bonchev–Trinajstić information content (AvgIpc) is 2.32. The van der Waals surface area contributed by atoms with Crippen molar-refractivity contribution in [3.63, 3.8) is 0 Å². The van der Waals surface area contributed by atoms with Crippen molar-refractivity contribution in [2.45, 2.75) is 12.5 Å². The molecule has 1 aromatic rings. The van der Waals surface area contributed by atoms with Crippen LogP contribution in [0.25, 0.3) is 0 Å². The Kier molecular flexibility index (Phi) is 5.74. The molecule has 1 rings (SSSR count). The van der Waals surface area contributed by atoms with Gasteiger partial charge in [0, 0.05) is 6.54 Å². The van der Waals surface area contributed by atoms with Gasteiger partial charge in [0.15, 0.2) is 0 Å². The van der Waals surface area contributed by atoms with Crippen LogP contribution in [0.15, 0.2) is 24.3 Å². The highest BCUT2D eigenvalue weighted by atomic mass is 19.1. The molecule has 1 aromatic carbocycles. The Morgan fingerprint density at radius 1 is 1.39 bits per heavy atom. The lowest BCUT2D eigenvalue weighted by Crippen LogP contribution is -2.37. The maximum absolute atomic E-state index is 12.9. The number of nitrogens with one attached hydrogen (secondary N) is 1. The van der Waals surface area contributed by atoms with Gasteiger partial charge in [0.1, 0.15) is 11.9 Å².